The number of amides is 2. The van der Waals surface area contributed by atoms with Crippen LogP contribution >= 0.6 is 0 Å². The SMILES string of the molecule is CC(=O)NCC1CN(c2cc(N3CCOCC3)c(F)cc2N)C(=O)O1. The van der Waals surface area contributed by atoms with E-state index in [1.165, 1.54) is 17.9 Å². The summed E-state index contributed by atoms with van der Waals surface area (Å²) in [4.78, 5) is 26.4. The third-order valence-corrected chi connectivity index (χ3v) is 4.19. The average Bonchev–Trinajstić information content (AvgIpc) is 2.95. The molecule has 0 aliphatic carbocycles. The van der Waals surface area contributed by atoms with E-state index in [1.807, 2.05) is 4.90 Å². The maximum absolute atomic E-state index is 14.3. The second-order valence-electron chi connectivity index (χ2n) is 6.02. The lowest BCUT2D eigenvalue weighted by molar-refractivity contribution is -0.119. The number of nitrogens with zero attached hydrogens (tertiary/aromatic N) is 2. The molecule has 9 heteroatoms. The van der Waals surface area contributed by atoms with Crippen molar-refractivity contribution in [3.05, 3.63) is 17.9 Å². The van der Waals surface area contributed by atoms with Crippen molar-refractivity contribution in [3.8, 4) is 0 Å². The molecule has 0 bridgehead atoms. The van der Waals surface area contributed by atoms with Gasteiger partial charge in [-0.3, -0.25) is 9.69 Å². The average molecular weight is 352 g/mol. The number of nitrogens with two attached hydrogens (primary N) is 1. The molecule has 2 fully saturated rings. The van der Waals surface area contributed by atoms with Crippen LogP contribution in [0.4, 0.5) is 26.2 Å². The molecule has 2 amide bonds. The highest BCUT2D eigenvalue weighted by molar-refractivity contribution is 5.94. The van der Waals surface area contributed by atoms with Gasteiger partial charge in [0, 0.05) is 26.1 Å². The zero-order chi connectivity index (χ0) is 18.0. The summed E-state index contributed by atoms with van der Waals surface area (Å²) >= 11 is 0. The smallest absolute Gasteiger partial charge is 0.414 e. The number of anilines is 3. The second kappa shape index (κ2) is 7.14. The van der Waals surface area contributed by atoms with Crippen LogP contribution < -0.4 is 20.9 Å². The number of nitrogen functional groups attached to an aromatic ring is 1. The van der Waals surface area contributed by atoms with Crippen molar-refractivity contribution in [2.45, 2.75) is 13.0 Å². The Hall–Kier alpha value is -2.55. The minimum absolute atomic E-state index is 0.159. The number of hydrogen-bond donors (Lipinski definition) is 2. The van der Waals surface area contributed by atoms with E-state index in [-0.39, 0.29) is 24.7 Å². The number of rotatable bonds is 4. The van der Waals surface area contributed by atoms with Gasteiger partial charge >= 0.3 is 6.09 Å². The Labute approximate surface area is 144 Å². The quantitative estimate of drug-likeness (QED) is 0.775. The molecule has 2 heterocycles. The number of morpholine rings is 1. The van der Waals surface area contributed by atoms with Gasteiger partial charge in [-0.15, -0.1) is 0 Å². The summed E-state index contributed by atoms with van der Waals surface area (Å²) < 4.78 is 24.9. The van der Waals surface area contributed by atoms with Crippen LogP contribution in [0.3, 0.4) is 0 Å². The van der Waals surface area contributed by atoms with Gasteiger partial charge in [-0.2, -0.15) is 0 Å². The summed E-state index contributed by atoms with van der Waals surface area (Å²) in [6, 6.07) is 2.78. The molecule has 0 radical (unpaired) electrons. The van der Waals surface area contributed by atoms with Crippen LogP contribution in [0.25, 0.3) is 0 Å². The normalized spacial score (nSPS) is 20.6. The lowest BCUT2D eigenvalue weighted by Gasteiger charge is -2.30. The molecule has 0 saturated carbocycles. The van der Waals surface area contributed by atoms with Crippen LogP contribution in [-0.4, -0.2) is 57.5 Å². The highest BCUT2D eigenvalue weighted by Crippen LogP contribution is 2.34. The molecule has 2 aliphatic heterocycles. The molecule has 25 heavy (non-hydrogen) atoms. The van der Waals surface area contributed by atoms with Crippen LogP contribution in [0.1, 0.15) is 6.92 Å². The molecule has 3 rings (SSSR count). The molecule has 136 valence electrons. The minimum Gasteiger partial charge on any atom is -0.442 e. The maximum Gasteiger partial charge on any atom is 0.414 e. The van der Waals surface area contributed by atoms with E-state index in [2.05, 4.69) is 5.32 Å². The van der Waals surface area contributed by atoms with Crippen molar-refractivity contribution in [1.82, 2.24) is 5.32 Å². The Bertz CT molecular complexity index is 678. The van der Waals surface area contributed by atoms with Crippen LogP contribution in [0.15, 0.2) is 12.1 Å². The van der Waals surface area contributed by atoms with Gasteiger partial charge in [0.25, 0.3) is 0 Å². The molecule has 3 N–H and O–H groups in total. The highest BCUT2D eigenvalue weighted by atomic mass is 19.1. The molecule has 1 aromatic rings. The molecule has 2 aliphatic rings. The second-order valence-corrected chi connectivity index (χ2v) is 6.02. The predicted octanol–water partition coefficient (Wildman–Crippen LogP) is 0.706. The lowest BCUT2D eigenvalue weighted by atomic mass is 10.2. The van der Waals surface area contributed by atoms with Gasteiger partial charge in [-0.05, 0) is 6.07 Å². The summed E-state index contributed by atoms with van der Waals surface area (Å²) in [5.74, 6) is -0.643. The molecule has 1 aromatic carbocycles. The number of ether oxygens (including phenoxy) is 2. The van der Waals surface area contributed by atoms with E-state index < -0.39 is 18.0 Å². The first-order valence-electron chi connectivity index (χ1n) is 8.10. The van der Waals surface area contributed by atoms with Gasteiger partial charge in [0.05, 0.1) is 43.4 Å². The number of nitrogens with one attached hydrogen (secondary N) is 1. The van der Waals surface area contributed by atoms with Crippen molar-refractivity contribution in [2.75, 3.05) is 54.9 Å². The third-order valence-electron chi connectivity index (χ3n) is 4.19. The van der Waals surface area contributed by atoms with E-state index >= 15 is 0 Å². The zero-order valence-corrected chi connectivity index (χ0v) is 14.0. The van der Waals surface area contributed by atoms with E-state index in [1.54, 1.807) is 6.07 Å². The summed E-state index contributed by atoms with van der Waals surface area (Å²) in [7, 11) is 0. The first-order chi connectivity index (χ1) is 12.0. The highest BCUT2D eigenvalue weighted by Gasteiger charge is 2.34. The first kappa shape index (κ1) is 17.3. The van der Waals surface area contributed by atoms with Gasteiger partial charge in [0.15, 0.2) is 0 Å². The summed E-state index contributed by atoms with van der Waals surface area (Å²) in [6.45, 7) is 4.01. The molecule has 8 nitrogen and oxygen atoms in total. The van der Waals surface area contributed by atoms with E-state index in [4.69, 9.17) is 15.2 Å². The van der Waals surface area contributed by atoms with Gasteiger partial charge in [0.2, 0.25) is 5.91 Å². The van der Waals surface area contributed by atoms with Crippen molar-refractivity contribution in [2.24, 2.45) is 0 Å². The number of hydrogen-bond acceptors (Lipinski definition) is 6. The zero-order valence-electron chi connectivity index (χ0n) is 14.0. The van der Waals surface area contributed by atoms with Crippen molar-refractivity contribution in [1.29, 1.82) is 0 Å². The van der Waals surface area contributed by atoms with Crippen molar-refractivity contribution >= 4 is 29.1 Å². The minimum atomic E-state index is -0.568. The Morgan fingerprint density at radius 2 is 2.08 bits per heavy atom. The summed E-state index contributed by atoms with van der Waals surface area (Å²) in [5, 5.41) is 2.61. The summed E-state index contributed by atoms with van der Waals surface area (Å²) in [6.07, 6.45) is -1.05. The standard InChI is InChI=1S/C16H21FN4O4/c1-10(22)19-8-11-9-21(16(23)25-11)15-7-14(12(17)6-13(15)18)20-2-4-24-5-3-20/h6-7,11H,2-5,8-9,18H2,1H3,(H,19,22). The molecule has 0 aromatic heterocycles. The Morgan fingerprint density at radius 1 is 1.36 bits per heavy atom. The summed E-state index contributed by atoms with van der Waals surface area (Å²) in [5.41, 5.74) is 6.87. The largest absolute Gasteiger partial charge is 0.442 e. The van der Waals surface area contributed by atoms with Gasteiger partial charge in [-0.25, -0.2) is 9.18 Å². The van der Waals surface area contributed by atoms with E-state index in [0.29, 0.717) is 37.7 Å². The molecular formula is C16H21FN4O4. The number of halogens is 1. The topological polar surface area (TPSA) is 97.1 Å². The molecule has 1 atom stereocenters. The molecule has 1 unspecified atom stereocenters. The van der Waals surface area contributed by atoms with Gasteiger partial charge in [-0.1, -0.05) is 0 Å². The number of cyclic esters (lactones) is 1. The predicted molar refractivity (Wildman–Crippen MR) is 90.1 cm³/mol. The van der Waals surface area contributed by atoms with Crippen LogP contribution in [-0.2, 0) is 14.3 Å². The number of carbonyl (C=O) groups excluding carboxylic acids is 2. The van der Waals surface area contributed by atoms with E-state index in [9.17, 15) is 14.0 Å². The monoisotopic (exact) mass is 352 g/mol. The Balaban J connectivity index is 1.81. The first-order valence-corrected chi connectivity index (χ1v) is 8.10. The Kier molecular flexibility index (Phi) is 4.93. The fraction of sp³-hybridized carbons (Fsp3) is 0.500. The lowest BCUT2D eigenvalue weighted by Crippen LogP contribution is -2.37. The van der Waals surface area contributed by atoms with Crippen LogP contribution in [0, 0.1) is 5.82 Å². The fourth-order valence-electron chi connectivity index (χ4n) is 2.93. The third kappa shape index (κ3) is 3.76. The molecule has 0 spiro atoms. The maximum atomic E-state index is 14.3. The van der Waals surface area contributed by atoms with E-state index in [0.717, 1.165) is 0 Å². The Morgan fingerprint density at radius 3 is 2.76 bits per heavy atom. The van der Waals surface area contributed by atoms with Gasteiger partial charge in [0.1, 0.15) is 11.9 Å². The number of carbonyl (C=O) groups is 2. The fourth-order valence-corrected chi connectivity index (χ4v) is 2.93. The molecular weight excluding hydrogens is 331 g/mol. The van der Waals surface area contributed by atoms with Crippen LogP contribution in [0.5, 0.6) is 0 Å². The van der Waals surface area contributed by atoms with Crippen molar-refractivity contribution in [3.63, 3.8) is 0 Å². The molecule has 2 saturated heterocycles. The van der Waals surface area contributed by atoms with Gasteiger partial charge < -0.3 is 25.4 Å². The number of benzene rings is 1. The van der Waals surface area contributed by atoms with Crippen LogP contribution in [0.2, 0.25) is 0 Å². The van der Waals surface area contributed by atoms with Crippen molar-refractivity contribution < 1.29 is 23.5 Å².